The summed E-state index contributed by atoms with van der Waals surface area (Å²) < 4.78 is 7.53. The first-order valence-corrected chi connectivity index (χ1v) is 13.9. The zero-order chi connectivity index (χ0) is 26.2. The lowest BCUT2D eigenvalue weighted by Crippen LogP contribution is -2.43. The zero-order valence-electron chi connectivity index (χ0n) is 21.4. The number of aromatic nitrogens is 2. The lowest BCUT2D eigenvalue weighted by atomic mass is 10.1. The molecule has 5 rings (SSSR count). The summed E-state index contributed by atoms with van der Waals surface area (Å²) in [6.45, 7) is 6.53. The minimum atomic E-state index is -0.467. The van der Waals surface area contributed by atoms with Gasteiger partial charge in [-0.2, -0.15) is 0 Å². The van der Waals surface area contributed by atoms with Gasteiger partial charge >= 0.3 is 5.97 Å². The first-order valence-electron chi connectivity index (χ1n) is 13.1. The molecule has 0 radical (unpaired) electrons. The van der Waals surface area contributed by atoms with Gasteiger partial charge in [-0.15, -0.1) is 11.3 Å². The molecule has 9 heteroatoms. The van der Waals surface area contributed by atoms with Crippen molar-refractivity contribution in [2.45, 2.75) is 26.0 Å². The van der Waals surface area contributed by atoms with Crippen molar-refractivity contribution in [1.82, 2.24) is 25.1 Å². The van der Waals surface area contributed by atoms with Crippen LogP contribution < -0.4 is 10.6 Å². The van der Waals surface area contributed by atoms with Crippen LogP contribution in [0, 0.1) is 0 Å². The number of rotatable bonds is 11. The molecule has 4 aromatic rings. The summed E-state index contributed by atoms with van der Waals surface area (Å²) in [5.41, 5.74) is 3.83. The molecular weight excluding hydrogens is 498 g/mol. The van der Waals surface area contributed by atoms with Crippen molar-refractivity contribution in [3.63, 3.8) is 0 Å². The molecule has 0 bridgehead atoms. The van der Waals surface area contributed by atoms with E-state index in [9.17, 15) is 9.59 Å². The Balaban J connectivity index is 1.12. The number of esters is 1. The Labute approximate surface area is 226 Å². The summed E-state index contributed by atoms with van der Waals surface area (Å²) in [4.78, 5) is 31.5. The van der Waals surface area contributed by atoms with E-state index in [1.807, 2.05) is 35.7 Å². The molecule has 2 aromatic carbocycles. The number of aryl methyl sites for hydroxylation is 1. The molecule has 2 N–H and O–H groups in total. The molecule has 0 atom stereocenters. The third-order valence-electron chi connectivity index (χ3n) is 6.67. The van der Waals surface area contributed by atoms with E-state index in [2.05, 4.69) is 55.5 Å². The van der Waals surface area contributed by atoms with Gasteiger partial charge in [0.25, 0.3) is 0 Å². The lowest BCUT2D eigenvalue weighted by molar-refractivity contribution is -0.145. The van der Waals surface area contributed by atoms with Crippen molar-refractivity contribution in [3.05, 3.63) is 77.4 Å². The van der Waals surface area contributed by atoms with Crippen LogP contribution in [0.25, 0.3) is 21.5 Å². The Morgan fingerprint density at radius 3 is 2.74 bits per heavy atom. The third kappa shape index (κ3) is 7.06. The molecule has 3 heterocycles. The van der Waals surface area contributed by atoms with E-state index in [4.69, 9.17) is 4.74 Å². The molecule has 0 unspecified atom stereocenters. The van der Waals surface area contributed by atoms with E-state index in [1.54, 1.807) is 0 Å². The van der Waals surface area contributed by atoms with Crippen LogP contribution in [-0.4, -0.2) is 65.6 Å². The molecule has 0 saturated carbocycles. The first kappa shape index (κ1) is 26.1. The number of hydrogen-bond donors (Lipinski definition) is 2. The molecule has 1 fully saturated rings. The number of hydrogen-bond acceptors (Lipinski definition) is 7. The number of benzene rings is 2. The molecule has 0 aliphatic carbocycles. The Bertz CT molecular complexity index is 1360. The van der Waals surface area contributed by atoms with Gasteiger partial charge in [-0.05, 0) is 36.0 Å². The van der Waals surface area contributed by atoms with Gasteiger partial charge in [0.15, 0.2) is 0 Å². The minimum Gasteiger partial charge on any atom is -0.460 e. The maximum atomic E-state index is 12.4. The van der Waals surface area contributed by atoms with Gasteiger partial charge in [-0.1, -0.05) is 42.5 Å². The predicted molar refractivity (Wildman–Crippen MR) is 150 cm³/mol. The van der Waals surface area contributed by atoms with Crippen LogP contribution in [0.5, 0.6) is 0 Å². The van der Waals surface area contributed by atoms with E-state index < -0.39 is 5.97 Å². The van der Waals surface area contributed by atoms with Crippen LogP contribution in [-0.2, 0) is 33.9 Å². The van der Waals surface area contributed by atoms with Crippen molar-refractivity contribution < 1.29 is 14.3 Å². The summed E-state index contributed by atoms with van der Waals surface area (Å²) in [6, 6.07) is 18.0. The molecule has 1 saturated heterocycles. The number of piperazine rings is 1. The number of nitrogens with zero attached hydrogens (tertiary/aromatic N) is 3. The third-order valence-corrected chi connectivity index (χ3v) is 7.61. The minimum absolute atomic E-state index is 0.118. The SMILES string of the molecule is O=C(Cc1csc(-c2ccc3ccn(CCCN4CCNCC4)c3c2)n1)NCC(=O)OCc1ccccc1. The number of fused-ring (bicyclic) bond motifs is 1. The van der Waals surface area contributed by atoms with E-state index in [0.29, 0.717) is 5.69 Å². The maximum absolute atomic E-state index is 12.4. The molecule has 8 nitrogen and oxygen atoms in total. The quantitative estimate of drug-likeness (QED) is 0.288. The van der Waals surface area contributed by atoms with E-state index in [-0.39, 0.29) is 25.5 Å². The van der Waals surface area contributed by atoms with Crippen molar-refractivity contribution in [2.24, 2.45) is 0 Å². The number of amides is 1. The summed E-state index contributed by atoms with van der Waals surface area (Å²) in [5, 5.41) is 10.0. The molecule has 1 aliphatic rings. The second-order valence-electron chi connectivity index (χ2n) is 9.47. The molecule has 198 valence electrons. The van der Waals surface area contributed by atoms with Gasteiger partial charge in [-0.3, -0.25) is 9.59 Å². The highest BCUT2D eigenvalue weighted by Gasteiger charge is 2.13. The maximum Gasteiger partial charge on any atom is 0.325 e. The van der Waals surface area contributed by atoms with Gasteiger partial charge in [0.05, 0.1) is 12.1 Å². The van der Waals surface area contributed by atoms with Crippen molar-refractivity contribution >= 4 is 34.1 Å². The fourth-order valence-corrected chi connectivity index (χ4v) is 5.44. The first-order chi connectivity index (χ1) is 18.6. The summed E-state index contributed by atoms with van der Waals surface area (Å²) in [5.74, 6) is -0.724. The van der Waals surface area contributed by atoms with Crippen LogP contribution in [0.3, 0.4) is 0 Å². The Morgan fingerprint density at radius 2 is 1.89 bits per heavy atom. The highest BCUT2D eigenvalue weighted by molar-refractivity contribution is 7.13. The van der Waals surface area contributed by atoms with Crippen molar-refractivity contribution in [3.8, 4) is 10.6 Å². The van der Waals surface area contributed by atoms with Gasteiger partial charge in [0, 0.05) is 55.4 Å². The fraction of sp³-hybridized carbons (Fsp3) is 0.345. The molecule has 38 heavy (non-hydrogen) atoms. The topological polar surface area (TPSA) is 88.5 Å². The smallest absolute Gasteiger partial charge is 0.325 e. The number of ether oxygens (including phenoxy) is 1. The van der Waals surface area contributed by atoms with Gasteiger partial charge in [-0.25, -0.2) is 4.98 Å². The van der Waals surface area contributed by atoms with Gasteiger partial charge < -0.3 is 24.8 Å². The van der Waals surface area contributed by atoms with Crippen LogP contribution >= 0.6 is 11.3 Å². The zero-order valence-corrected chi connectivity index (χ0v) is 22.2. The Morgan fingerprint density at radius 1 is 1.05 bits per heavy atom. The van der Waals surface area contributed by atoms with Crippen LogP contribution in [0.4, 0.5) is 0 Å². The van der Waals surface area contributed by atoms with E-state index in [1.165, 1.54) is 22.2 Å². The summed E-state index contributed by atoms with van der Waals surface area (Å²) >= 11 is 1.52. The summed E-state index contributed by atoms with van der Waals surface area (Å²) in [6.07, 6.45) is 3.39. The normalized spacial score (nSPS) is 14.0. The highest BCUT2D eigenvalue weighted by Crippen LogP contribution is 2.28. The highest BCUT2D eigenvalue weighted by atomic mass is 32.1. The number of nitrogens with one attached hydrogen (secondary N) is 2. The van der Waals surface area contributed by atoms with E-state index in [0.717, 1.165) is 61.8 Å². The van der Waals surface area contributed by atoms with Crippen molar-refractivity contribution in [1.29, 1.82) is 0 Å². The van der Waals surface area contributed by atoms with Crippen LogP contribution in [0.1, 0.15) is 17.7 Å². The number of carbonyl (C=O) groups is 2. The molecule has 1 amide bonds. The molecule has 1 aliphatic heterocycles. The van der Waals surface area contributed by atoms with Crippen molar-refractivity contribution in [2.75, 3.05) is 39.3 Å². The second kappa shape index (κ2) is 12.8. The Kier molecular flexibility index (Phi) is 8.80. The second-order valence-corrected chi connectivity index (χ2v) is 10.3. The largest absolute Gasteiger partial charge is 0.460 e. The monoisotopic (exact) mass is 531 g/mol. The molecule has 2 aromatic heterocycles. The van der Waals surface area contributed by atoms with E-state index >= 15 is 0 Å². The average Bonchev–Trinajstić information content (AvgIpc) is 3.59. The number of carbonyl (C=O) groups excluding carboxylic acids is 2. The van der Waals surface area contributed by atoms with Crippen LogP contribution in [0.15, 0.2) is 66.2 Å². The standard InChI is InChI=1S/C29H33N5O3S/c35-27(31-19-28(36)37-20-22-5-2-1-3-6-22)18-25-21-38-29(32-25)24-8-7-23-9-14-34(26(23)17-24)13-4-12-33-15-10-30-11-16-33/h1-3,5-9,14,17,21,30H,4,10-13,15-16,18-20H2,(H,31,35). The fourth-order valence-electron chi connectivity index (χ4n) is 4.62. The lowest BCUT2D eigenvalue weighted by Gasteiger charge is -2.27. The predicted octanol–water partition coefficient (Wildman–Crippen LogP) is 3.46. The van der Waals surface area contributed by atoms with Crippen LogP contribution in [0.2, 0.25) is 0 Å². The average molecular weight is 532 g/mol. The molecular formula is C29H33N5O3S. The summed E-state index contributed by atoms with van der Waals surface area (Å²) in [7, 11) is 0. The van der Waals surface area contributed by atoms with Gasteiger partial charge in [0.2, 0.25) is 5.91 Å². The Hall–Kier alpha value is -3.53. The molecule has 0 spiro atoms. The van der Waals surface area contributed by atoms with Gasteiger partial charge in [0.1, 0.15) is 18.2 Å². The number of thiazole rings is 1.